The van der Waals surface area contributed by atoms with Gasteiger partial charge in [-0.25, -0.2) is 0 Å². The maximum Gasteiger partial charge on any atom is 0.119 e. The van der Waals surface area contributed by atoms with Gasteiger partial charge in [0, 0.05) is 6.04 Å². The molecule has 0 heterocycles. The lowest BCUT2D eigenvalue weighted by atomic mass is 9.85. The van der Waals surface area contributed by atoms with Gasteiger partial charge in [-0.2, -0.15) is 0 Å². The molecule has 1 unspecified atom stereocenters. The van der Waals surface area contributed by atoms with Crippen molar-refractivity contribution in [2.24, 2.45) is 5.92 Å². The fourth-order valence-corrected chi connectivity index (χ4v) is 3.72. The third-order valence-electron chi connectivity index (χ3n) is 5.15. The van der Waals surface area contributed by atoms with Gasteiger partial charge in [0.05, 0.1) is 13.2 Å². The van der Waals surface area contributed by atoms with Gasteiger partial charge in [-0.05, 0) is 80.7 Å². The zero-order chi connectivity index (χ0) is 14.7. The van der Waals surface area contributed by atoms with Crippen molar-refractivity contribution in [2.75, 3.05) is 13.7 Å². The molecule has 1 fully saturated rings. The molecular weight excluding hydrogens is 262 g/mol. The predicted molar refractivity (Wildman–Crippen MR) is 84.8 cm³/mol. The lowest BCUT2D eigenvalue weighted by Crippen LogP contribution is -2.38. The summed E-state index contributed by atoms with van der Waals surface area (Å²) in [6.07, 6.45) is 7.77. The Bertz CT molecular complexity index is 466. The van der Waals surface area contributed by atoms with E-state index in [0.717, 1.165) is 37.5 Å². The molecule has 3 heteroatoms. The van der Waals surface area contributed by atoms with Crippen LogP contribution in [0.25, 0.3) is 0 Å². The summed E-state index contributed by atoms with van der Waals surface area (Å²) in [4.78, 5) is 0. The third kappa shape index (κ3) is 3.78. The number of fused-ring (bicyclic) bond motifs is 1. The second-order valence-electron chi connectivity index (χ2n) is 6.66. The summed E-state index contributed by atoms with van der Waals surface area (Å²) in [5.74, 6) is 1.72. The Labute approximate surface area is 127 Å². The van der Waals surface area contributed by atoms with E-state index in [1.54, 1.807) is 7.11 Å². The monoisotopic (exact) mass is 289 g/mol. The Morgan fingerprint density at radius 3 is 2.71 bits per heavy atom. The Morgan fingerprint density at radius 2 is 1.95 bits per heavy atom. The first-order valence-electron chi connectivity index (χ1n) is 8.32. The third-order valence-corrected chi connectivity index (χ3v) is 5.15. The molecule has 2 aliphatic carbocycles. The molecule has 0 bridgehead atoms. The molecule has 2 N–H and O–H groups in total. The van der Waals surface area contributed by atoms with Crippen molar-refractivity contribution in [1.82, 2.24) is 5.32 Å². The Balaban J connectivity index is 1.51. The van der Waals surface area contributed by atoms with E-state index < -0.39 is 0 Å². The summed E-state index contributed by atoms with van der Waals surface area (Å²) in [5.41, 5.74) is 2.92. The molecule has 116 valence electrons. The Morgan fingerprint density at radius 1 is 1.14 bits per heavy atom. The zero-order valence-corrected chi connectivity index (χ0v) is 13.0. The van der Waals surface area contributed by atoms with Crippen molar-refractivity contribution in [3.05, 3.63) is 29.3 Å². The number of ether oxygens (including phenoxy) is 1. The molecule has 21 heavy (non-hydrogen) atoms. The van der Waals surface area contributed by atoms with Crippen LogP contribution in [0.3, 0.4) is 0 Å². The van der Waals surface area contributed by atoms with Gasteiger partial charge >= 0.3 is 0 Å². The molecule has 2 aliphatic rings. The average Bonchev–Trinajstić information content (AvgIpc) is 2.53. The summed E-state index contributed by atoms with van der Waals surface area (Å²) in [6, 6.07) is 7.07. The van der Waals surface area contributed by atoms with Gasteiger partial charge in [0.2, 0.25) is 0 Å². The second kappa shape index (κ2) is 6.80. The number of nitrogens with one attached hydrogen (secondary N) is 1. The van der Waals surface area contributed by atoms with E-state index in [9.17, 15) is 5.11 Å². The van der Waals surface area contributed by atoms with Crippen molar-refractivity contribution >= 4 is 0 Å². The minimum atomic E-state index is -0.0460. The van der Waals surface area contributed by atoms with Crippen LogP contribution in [0.2, 0.25) is 0 Å². The summed E-state index contributed by atoms with van der Waals surface area (Å²) < 4.78 is 5.34. The molecule has 1 atom stereocenters. The minimum absolute atomic E-state index is 0.0460. The SMILES string of the molecule is COc1ccc2c(c1)CC(NCC1CCC(O)CC1)CC2. The van der Waals surface area contributed by atoms with Crippen LogP contribution in [-0.2, 0) is 12.8 Å². The lowest BCUT2D eigenvalue weighted by molar-refractivity contribution is 0.107. The maximum absolute atomic E-state index is 9.57. The van der Waals surface area contributed by atoms with Gasteiger partial charge in [0.15, 0.2) is 0 Å². The number of aliphatic hydroxyl groups excluding tert-OH is 1. The topological polar surface area (TPSA) is 41.5 Å². The molecular formula is C18H27NO2. The number of aliphatic hydroxyl groups is 1. The van der Waals surface area contributed by atoms with E-state index in [0.29, 0.717) is 6.04 Å². The molecule has 0 aliphatic heterocycles. The van der Waals surface area contributed by atoms with E-state index in [1.807, 2.05) is 0 Å². The highest BCUT2D eigenvalue weighted by Crippen LogP contribution is 2.27. The van der Waals surface area contributed by atoms with E-state index >= 15 is 0 Å². The van der Waals surface area contributed by atoms with Crippen LogP contribution in [0.15, 0.2) is 18.2 Å². The summed E-state index contributed by atoms with van der Waals surface area (Å²) >= 11 is 0. The van der Waals surface area contributed by atoms with Crippen molar-refractivity contribution < 1.29 is 9.84 Å². The van der Waals surface area contributed by atoms with Crippen LogP contribution in [0, 0.1) is 5.92 Å². The van der Waals surface area contributed by atoms with Gasteiger partial charge in [-0.1, -0.05) is 6.07 Å². The molecule has 0 aromatic heterocycles. The van der Waals surface area contributed by atoms with Crippen molar-refractivity contribution in [1.29, 1.82) is 0 Å². The predicted octanol–water partition coefficient (Wildman–Crippen LogP) is 2.69. The summed E-state index contributed by atoms with van der Waals surface area (Å²) in [6.45, 7) is 1.11. The van der Waals surface area contributed by atoms with Crippen LogP contribution < -0.4 is 10.1 Å². The summed E-state index contributed by atoms with van der Waals surface area (Å²) in [7, 11) is 1.73. The van der Waals surface area contributed by atoms with Gasteiger partial charge in [-0.15, -0.1) is 0 Å². The molecule has 1 aromatic carbocycles. The van der Waals surface area contributed by atoms with Gasteiger partial charge in [-0.3, -0.25) is 0 Å². The van der Waals surface area contributed by atoms with Gasteiger partial charge in [0.25, 0.3) is 0 Å². The smallest absolute Gasteiger partial charge is 0.119 e. The normalized spacial score (nSPS) is 29.0. The minimum Gasteiger partial charge on any atom is -0.497 e. The molecule has 1 saturated carbocycles. The second-order valence-corrected chi connectivity index (χ2v) is 6.66. The molecule has 0 saturated heterocycles. The Kier molecular flexibility index (Phi) is 4.81. The van der Waals surface area contributed by atoms with Crippen molar-refractivity contribution in [2.45, 2.75) is 57.1 Å². The number of benzene rings is 1. The number of methoxy groups -OCH3 is 1. The van der Waals surface area contributed by atoms with Crippen molar-refractivity contribution in [3.8, 4) is 5.75 Å². The number of aryl methyl sites for hydroxylation is 1. The van der Waals surface area contributed by atoms with Crippen LogP contribution in [0.4, 0.5) is 0 Å². The van der Waals surface area contributed by atoms with E-state index in [2.05, 4.69) is 23.5 Å². The number of hydrogen-bond donors (Lipinski definition) is 2. The van der Waals surface area contributed by atoms with Gasteiger partial charge in [0.1, 0.15) is 5.75 Å². The quantitative estimate of drug-likeness (QED) is 0.895. The highest BCUT2D eigenvalue weighted by molar-refractivity contribution is 5.37. The first-order valence-corrected chi connectivity index (χ1v) is 8.32. The van der Waals surface area contributed by atoms with E-state index in [-0.39, 0.29) is 6.10 Å². The van der Waals surface area contributed by atoms with Crippen LogP contribution in [-0.4, -0.2) is 30.9 Å². The maximum atomic E-state index is 9.57. The Hall–Kier alpha value is -1.06. The summed E-state index contributed by atoms with van der Waals surface area (Å²) in [5, 5.41) is 13.3. The fourth-order valence-electron chi connectivity index (χ4n) is 3.72. The first-order chi connectivity index (χ1) is 10.2. The highest BCUT2D eigenvalue weighted by Gasteiger charge is 2.22. The zero-order valence-electron chi connectivity index (χ0n) is 13.0. The molecule has 0 radical (unpaired) electrons. The van der Waals surface area contributed by atoms with Crippen LogP contribution >= 0.6 is 0 Å². The standard InChI is InChI=1S/C18H27NO2/c1-21-18-9-5-14-4-6-16(10-15(14)11-18)19-12-13-2-7-17(20)8-3-13/h5,9,11,13,16-17,19-20H,2-4,6-8,10,12H2,1H3. The highest BCUT2D eigenvalue weighted by atomic mass is 16.5. The molecule has 0 amide bonds. The van der Waals surface area contributed by atoms with Crippen LogP contribution in [0.5, 0.6) is 5.75 Å². The fraction of sp³-hybridized carbons (Fsp3) is 0.667. The van der Waals surface area contributed by atoms with Gasteiger partial charge < -0.3 is 15.2 Å². The van der Waals surface area contributed by atoms with Crippen molar-refractivity contribution in [3.63, 3.8) is 0 Å². The molecule has 3 nitrogen and oxygen atoms in total. The molecule has 0 spiro atoms. The lowest BCUT2D eigenvalue weighted by Gasteiger charge is -2.30. The first kappa shape index (κ1) is 14.9. The van der Waals surface area contributed by atoms with Crippen LogP contribution in [0.1, 0.15) is 43.2 Å². The van der Waals surface area contributed by atoms with E-state index in [1.165, 1.54) is 36.8 Å². The van der Waals surface area contributed by atoms with E-state index in [4.69, 9.17) is 4.74 Å². The molecule has 3 rings (SSSR count). The number of rotatable bonds is 4. The largest absolute Gasteiger partial charge is 0.497 e. The average molecular weight is 289 g/mol. The molecule has 1 aromatic rings. The number of hydrogen-bond acceptors (Lipinski definition) is 3.